The highest BCUT2D eigenvalue weighted by Crippen LogP contribution is 2.20. The first-order chi connectivity index (χ1) is 9.70. The third-order valence-electron chi connectivity index (χ3n) is 4.08. The Morgan fingerprint density at radius 3 is 3.05 bits per heavy atom. The largest absolute Gasteiger partial charge is 0.337 e. The Morgan fingerprint density at radius 2 is 2.30 bits per heavy atom. The van der Waals surface area contributed by atoms with Crippen molar-refractivity contribution in [1.29, 1.82) is 0 Å². The number of pyridine rings is 1. The van der Waals surface area contributed by atoms with Gasteiger partial charge < -0.3 is 9.30 Å². The van der Waals surface area contributed by atoms with Crippen molar-refractivity contribution >= 4 is 11.4 Å². The molecule has 3 heterocycles. The zero-order valence-corrected chi connectivity index (χ0v) is 12.2. The van der Waals surface area contributed by atoms with Crippen LogP contribution >= 0.6 is 0 Å². The smallest absolute Gasteiger partial charge is 0.274 e. The van der Waals surface area contributed by atoms with Gasteiger partial charge in [-0.25, -0.2) is 4.98 Å². The Bertz CT molecular complexity index is 632. The molecule has 0 bridgehead atoms. The number of piperidine rings is 1. The second-order valence-corrected chi connectivity index (χ2v) is 5.68. The van der Waals surface area contributed by atoms with Gasteiger partial charge in [0.1, 0.15) is 5.82 Å². The summed E-state index contributed by atoms with van der Waals surface area (Å²) in [4.78, 5) is 19.3. The number of rotatable bonds is 2. The molecule has 106 valence electrons. The molecule has 20 heavy (non-hydrogen) atoms. The Hall–Kier alpha value is -1.84. The number of aryl methyl sites for hydroxylation is 1. The normalized spacial score (nSPS) is 19.5. The second kappa shape index (κ2) is 5.27. The maximum absolute atomic E-state index is 12.7. The molecule has 1 aliphatic heterocycles. The molecule has 4 heteroatoms. The van der Waals surface area contributed by atoms with Crippen molar-refractivity contribution in [3.8, 4) is 0 Å². The van der Waals surface area contributed by atoms with Gasteiger partial charge in [0.15, 0.2) is 5.69 Å². The van der Waals surface area contributed by atoms with E-state index in [1.54, 1.807) is 0 Å². The molecule has 0 aliphatic carbocycles. The Kier molecular flexibility index (Phi) is 3.47. The fraction of sp³-hybridized carbons (Fsp3) is 0.500. The Labute approximate surface area is 119 Å². The van der Waals surface area contributed by atoms with Crippen LogP contribution in [0.4, 0.5) is 0 Å². The molecule has 1 saturated heterocycles. The first kappa shape index (κ1) is 13.2. The van der Waals surface area contributed by atoms with E-state index in [4.69, 9.17) is 0 Å². The summed E-state index contributed by atoms with van der Waals surface area (Å²) in [5.74, 6) is 1.63. The zero-order chi connectivity index (χ0) is 14.1. The lowest BCUT2D eigenvalue weighted by atomic mass is 10.00. The molecular formula is C16H21N3O. The van der Waals surface area contributed by atoms with Gasteiger partial charge in [0.2, 0.25) is 0 Å². The number of fused-ring (bicyclic) bond motifs is 1. The number of aromatic nitrogens is 2. The summed E-state index contributed by atoms with van der Waals surface area (Å²) in [6.07, 6.45) is 5.12. The maximum Gasteiger partial charge on any atom is 0.274 e. The minimum Gasteiger partial charge on any atom is -0.337 e. The topological polar surface area (TPSA) is 37.6 Å². The summed E-state index contributed by atoms with van der Waals surface area (Å²) in [6, 6.07) is 5.92. The van der Waals surface area contributed by atoms with Crippen LogP contribution in [0.1, 0.15) is 43.0 Å². The summed E-state index contributed by atoms with van der Waals surface area (Å²) in [5, 5.41) is 0. The Morgan fingerprint density at radius 1 is 1.45 bits per heavy atom. The molecule has 1 amide bonds. The SMILES string of the molecule is CCc1nc(C(=O)N2CCCC(C)C2)c2ccccn12. The summed E-state index contributed by atoms with van der Waals surface area (Å²) in [6.45, 7) is 5.99. The van der Waals surface area contributed by atoms with Crippen LogP contribution in [-0.2, 0) is 6.42 Å². The second-order valence-electron chi connectivity index (χ2n) is 5.68. The summed E-state index contributed by atoms with van der Waals surface area (Å²) >= 11 is 0. The quantitative estimate of drug-likeness (QED) is 0.842. The molecule has 0 spiro atoms. The van der Waals surface area contributed by atoms with E-state index in [-0.39, 0.29) is 5.91 Å². The lowest BCUT2D eigenvalue weighted by Crippen LogP contribution is -2.39. The summed E-state index contributed by atoms with van der Waals surface area (Å²) in [7, 11) is 0. The van der Waals surface area contributed by atoms with Crippen LogP contribution in [0.3, 0.4) is 0 Å². The van der Waals surface area contributed by atoms with E-state index in [0.29, 0.717) is 11.6 Å². The van der Waals surface area contributed by atoms with Gasteiger partial charge in [0.25, 0.3) is 5.91 Å². The number of amides is 1. The lowest BCUT2D eigenvalue weighted by molar-refractivity contribution is 0.0679. The van der Waals surface area contributed by atoms with Crippen molar-refractivity contribution in [2.75, 3.05) is 13.1 Å². The molecule has 1 aliphatic rings. The summed E-state index contributed by atoms with van der Waals surface area (Å²) in [5.41, 5.74) is 1.53. The zero-order valence-electron chi connectivity index (χ0n) is 12.2. The van der Waals surface area contributed by atoms with Crippen molar-refractivity contribution in [2.45, 2.75) is 33.1 Å². The third-order valence-corrected chi connectivity index (χ3v) is 4.08. The van der Waals surface area contributed by atoms with Gasteiger partial charge in [-0.05, 0) is 30.9 Å². The predicted octanol–water partition coefficient (Wildman–Crippen LogP) is 2.77. The molecule has 1 fully saturated rings. The third kappa shape index (κ3) is 2.19. The van der Waals surface area contributed by atoms with Gasteiger partial charge in [0.05, 0.1) is 5.52 Å². The fourth-order valence-electron chi connectivity index (χ4n) is 3.03. The van der Waals surface area contributed by atoms with Gasteiger partial charge >= 0.3 is 0 Å². The first-order valence-corrected chi connectivity index (χ1v) is 7.46. The van der Waals surface area contributed by atoms with Crippen LogP contribution in [0.5, 0.6) is 0 Å². The van der Waals surface area contributed by atoms with Crippen LogP contribution in [0.15, 0.2) is 24.4 Å². The highest BCUT2D eigenvalue weighted by Gasteiger charge is 2.25. The van der Waals surface area contributed by atoms with Crippen LogP contribution in [-0.4, -0.2) is 33.3 Å². The molecule has 2 aromatic rings. The van der Waals surface area contributed by atoms with Crippen molar-refractivity contribution in [1.82, 2.24) is 14.3 Å². The highest BCUT2D eigenvalue weighted by atomic mass is 16.2. The van der Waals surface area contributed by atoms with Crippen molar-refractivity contribution < 1.29 is 4.79 Å². The number of nitrogens with zero attached hydrogens (tertiary/aromatic N) is 3. The molecule has 1 unspecified atom stereocenters. The number of hydrogen-bond acceptors (Lipinski definition) is 2. The van der Waals surface area contributed by atoms with Crippen molar-refractivity contribution in [2.24, 2.45) is 5.92 Å². The lowest BCUT2D eigenvalue weighted by Gasteiger charge is -2.30. The molecule has 0 radical (unpaired) electrons. The van der Waals surface area contributed by atoms with Gasteiger partial charge in [-0.15, -0.1) is 0 Å². The van der Waals surface area contributed by atoms with Crippen LogP contribution < -0.4 is 0 Å². The number of hydrogen-bond donors (Lipinski definition) is 0. The monoisotopic (exact) mass is 271 g/mol. The molecule has 0 aromatic carbocycles. The van der Waals surface area contributed by atoms with Gasteiger partial charge in [0, 0.05) is 25.7 Å². The van der Waals surface area contributed by atoms with Crippen molar-refractivity contribution in [3.05, 3.63) is 35.9 Å². The van der Waals surface area contributed by atoms with E-state index in [0.717, 1.165) is 37.3 Å². The minimum atomic E-state index is 0.0833. The van der Waals surface area contributed by atoms with Gasteiger partial charge in [-0.2, -0.15) is 0 Å². The molecule has 4 nitrogen and oxygen atoms in total. The van der Waals surface area contributed by atoms with Crippen LogP contribution in [0, 0.1) is 5.92 Å². The van der Waals surface area contributed by atoms with E-state index >= 15 is 0 Å². The van der Waals surface area contributed by atoms with E-state index in [9.17, 15) is 4.79 Å². The Balaban J connectivity index is 1.99. The van der Waals surface area contributed by atoms with Crippen LogP contribution in [0.2, 0.25) is 0 Å². The predicted molar refractivity (Wildman–Crippen MR) is 78.9 cm³/mol. The number of carbonyl (C=O) groups excluding carboxylic acids is 1. The van der Waals surface area contributed by atoms with Gasteiger partial charge in [-0.3, -0.25) is 4.79 Å². The molecule has 1 atom stereocenters. The van der Waals surface area contributed by atoms with E-state index < -0.39 is 0 Å². The molecule has 0 N–H and O–H groups in total. The van der Waals surface area contributed by atoms with Crippen molar-refractivity contribution in [3.63, 3.8) is 0 Å². The molecule has 0 saturated carbocycles. The van der Waals surface area contributed by atoms with E-state index in [2.05, 4.69) is 18.8 Å². The maximum atomic E-state index is 12.7. The summed E-state index contributed by atoms with van der Waals surface area (Å²) < 4.78 is 2.03. The number of imidazole rings is 1. The first-order valence-electron chi connectivity index (χ1n) is 7.46. The average Bonchev–Trinajstić information content (AvgIpc) is 2.85. The average molecular weight is 271 g/mol. The number of carbonyl (C=O) groups is 1. The number of likely N-dealkylation sites (tertiary alicyclic amines) is 1. The standard InChI is InChI=1S/C16H21N3O/c1-3-14-17-15(13-8-4-5-10-19(13)14)16(20)18-9-6-7-12(2)11-18/h4-5,8,10,12H,3,6-7,9,11H2,1-2H3. The van der Waals surface area contributed by atoms with E-state index in [1.165, 1.54) is 6.42 Å². The van der Waals surface area contributed by atoms with Crippen LogP contribution in [0.25, 0.3) is 5.52 Å². The fourth-order valence-corrected chi connectivity index (χ4v) is 3.03. The molecule has 2 aromatic heterocycles. The molecule has 3 rings (SSSR count). The highest BCUT2D eigenvalue weighted by molar-refractivity contribution is 5.99. The van der Waals surface area contributed by atoms with Gasteiger partial charge in [-0.1, -0.05) is 19.9 Å². The minimum absolute atomic E-state index is 0.0833. The molecular weight excluding hydrogens is 250 g/mol. The van der Waals surface area contributed by atoms with E-state index in [1.807, 2.05) is 33.7 Å².